The van der Waals surface area contributed by atoms with Gasteiger partial charge in [0.1, 0.15) is 6.04 Å². The molecule has 15 heavy (non-hydrogen) atoms. The summed E-state index contributed by atoms with van der Waals surface area (Å²) in [7, 11) is 0. The molecule has 1 unspecified atom stereocenters. The number of rotatable bonds is 3. The molecule has 0 aromatic carbocycles. The summed E-state index contributed by atoms with van der Waals surface area (Å²) in [6.45, 7) is 0. The first-order valence-electron chi connectivity index (χ1n) is 4.67. The minimum atomic E-state index is -0.319. The highest BCUT2D eigenvalue weighted by Crippen LogP contribution is 2.28. The van der Waals surface area contributed by atoms with Gasteiger partial charge in [-0.25, -0.2) is 0 Å². The first-order valence-corrected chi connectivity index (χ1v) is 6.26. The minimum absolute atomic E-state index is 0.319. The Kier molecular flexibility index (Phi) is 3.39. The first kappa shape index (κ1) is 11.1. The van der Waals surface area contributed by atoms with Crippen LogP contribution in [0.5, 0.6) is 0 Å². The van der Waals surface area contributed by atoms with Gasteiger partial charge >= 0.3 is 0 Å². The molecule has 1 aliphatic carbocycles. The van der Waals surface area contributed by atoms with E-state index in [4.69, 9.17) is 5.26 Å². The van der Waals surface area contributed by atoms with Crippen molar-refractivity contribution < 1.29 is 0 Å². The van der Waals surface area contributed by atoms with Crippen molar-refractivity contribution in [3.63, 3.8) is 0 Å². The van der Waals surface area contributed by atoms with Crippen LogP contribution in [0.2, 0.25) is 0 Å². The molecule has 0 aliphatic heterocycles. The van der Waals surface area contributed by atoms with Crippen molar-refractivity contribution in [2.24, 2.45) is 0 Å². The second-order valence-corrected chi connectivity index (χ2v) is 5.29. The number of pyridine rings is 1. The Balaban J connectivity index is 2.21. The predicted molar refractivity (Wildman–Crippen MR) is 64.1 cm³/mol. The Morgan fingerprint density at radius 3 is 2.80 bits per heavy atom. The summed E-state index contributed by atoms with van der Waals surface area (Å²) in [5.41, 5.74) is 0.757. The van der Waals surface area contributed by atoms with Crippen LogP contribution in [0.25, 0.3) is 0 Å². The van der Waals surface area contributed by atoms with Crippen LogP contribution < -0.4 is 5.32 Å². The van der Waals surface area contributed by atoms with E-state index in [-0.39, 0.29) is 6.04 Å². The summed E-state index contributed by atoms with van der Waals surface area (Å²) in [5.74, 6) is 0. The maximum atomic E-state index is 9.06. The van der Waals surface area contributed by atoms with Gasteiger partial charge in [-0.15, -0.1) is 0 Å². The molecule has 1 saturated carbocycles. The molecule has 0 spiro atoms. The van der Waals surface area contributed by atoms with Gasteiger partial charge in [0, 0.05) is 21.2 Å². The molecule has 0 bridgehead atoms. The van der Waals surface area contributed by atoms with Gasteiger partial charge in [-0.1, -0.05) is 0 Å². The van der Waals surface area contributed by atoms with E-state index in [2.05, 4.69) is 48.2 Å². The van der Waals surface area contributed by atoms with Crippen LogP contribution in [-0.4, -0.2) is 11.0 Å². The zero-order valence-corrected chi connectivity index (χ0v) is 11.0. The first-order chi connectivity index (χ1) is 7.20. The van der Waals surface area contributed by atoms with Gasteiger partial charge in [0.05, 0.1) is 11.8 Å². The van der Waals surface area contributed by atoms with E-state index in [1.54, 1.807) is 6.20 Å². The van der Waals surface area contributed by atoms with Gasteiger partial charge in [0.25, 0.3) is 0 Å². The lowest BCUT2D eigenvalue weighted by Gasteiger charge is -2.11. The Labute approximate surface area is 105 Å². The smallest absolute Gasteiger partial charge is 0.139 e. The van der Waals surface area contributed by atoms with Crippen molar-refractivity contribution in [3.05, 3.63) is 26.9 Å². The average Bonchev–Trinajstić information content (AvgIpc) is 2.99. The number of nitrogens with one attached hydrogen (secondary N) is 1. The van der Waals surface area contributed by atoms with Gasteiger partial charge in [-0.3, -0.25) is 10.3 Å². The Morgan fingerprint density at radius 2 is 2.27 bits per heavy atom. The third-order valence-corrected chi connectivity index (χ3v) is 3.29. The monoisotopic (exact) mass is 329 g/mol. The van der Waals surface area contributed by atoms with Crippen molar-refractivity contribution in [1.29, 1.82) is 5.26 Å². The molecule has 0 amide bonds. The molecule has 0 radical (unpaired) electrons. The topological polar surface area (TPSA) is 48.7 Å². The Morgan fingerprint density at radius 1 is 1.53 bits per heavy atom. The summed E-state index contributed by atoms with van der Waals surface area (Å²) < 4.78 is 1.76. The number of nitriles is 1. The zero-order chi connectivity index (χ0) is 10.8. The third-order valence-electron chi connectivity index (χ3n) is 2.22. The number of hydrogen-bond donors (Lipinski definition) is 1. The second kappa shape index (κ2) is 4.60. The maximum Gasteiger partial charge on any atom is 0.139 e. The van der Waals surface area contributed by atoms with Crippen LogP contribution in [0.3, 0.4) is 0 Å². The SMILES string of the molecule is N#CC(NC1CC1)c1ncc(Br)cc1Br. The molecule has 1 aromatic heterocycles. The average molecular weight is 331 g/mol. The van der Waals surface area contributed by atoms with Gasteiger partial charge in [0.15, 0.2) is 0 Å². The molecule has 5 heteroatoms. The highest BCUT2D eigenvalue weighted by Gasteiger charge is 2.26. The molecule has 0 saturated heterocycles. The van der Waals surface area contributed by atoms with Crippen molar-refractivity contribution in [1.82, 2.24) is 10.3 Å². The van der Waals surface area contributed by atoms with Crippen molar-refractivity contribution in [2.75, 3.05) is 0 Å². The minimum Gasteiger partial charge on any atom is -0.294 e. The van der Waals surface area contributed by atoms with Crippen LogP contribution in [-0.2, 0) is 0 Å². The number of aromatic nitrogens is 1. The Hall–Kier alpha value is -0.440. The molecule has 1 aliphatic rings. The van der Waals surface area contributed by atoms with E-state index >= 15 is 0 Å². The summed E-state index contributed by atoms with van der Waals surface area (Å²) in [6, 6.07) is 4.31. The lowest BCUT2D eigenvalue weighted by atomic mass is 10.2. The summed E-state index contributed by atoms with van der Waals surface area (Å²) >= 11 is 6.75. The van der Waals surface area contributed by atoms with E-state index in [0.717, 1.165) is 27.5 Å². The lowest BCUT2D eigenvalue weighted by molar-refractivity contribution is 0.610. The third kappa shape index (κ3) is 2.77. The molecule has 1 heterocycles. The summed E-state index contributed by atoms with van der Waals surface area (Å²) in [5, 5.41) is 12.3. The quantitative estimate of drug-likeness (QED) is 0.927. The van der Waals surface area contributed by atoms with Gasteiger partial charge in [-0.2, -0.15) is 5.26 Å². The van der Waals surface area contributed by atoms with Crippen molar-refractivity contribution in [2.45, 2.75) is 24.9 Å². The van der Waals surface area contributed by atoms with Crippen LogP contribution >= 0.6 is 31.9 Å². The van der Waals surface area contributed by atoms with Crippen LogP contribution in [0.4, 0.5) is 0 Å². The van der Waals surface area contributed by atoms with Gasteiger partial charge < -0.3 is 0 Å². The number of halogens is 2. The molecule has 78 valence electrons. The van der Waals surface area contributed by atoms with E-state index < -0.39 is 0 Å². The Bertz CT molecular complexity index is 410. The fourth-order valence-corrected chi connectivity index (χ4v) is 2.52. The highest BCUT2D eigenvalue weighted by molar-refractivity contribution is 9.11. The van der Waals surface area contributed by atoms with E-state index in [9.17, 15) is 0 Å². The van der Waals surface area contributed by atoms with Gasteiger partial charge in [-0.05, 0) is 50.8 Å². The zero-order valence-electron chi connectivity index (χ0n) is 7.87. The molecule has 2 rings (SSSR count). The van der Waals surface area contributed by atoms with E-state index in [1.165, 1.54) is 0 Å². The van der Waals surface area contributed by atoms with Gasteiger partial charge in [0.2, 0.25) is 0 Å². The summed E-state index contributed by atoms with van der Waals surface area (Å²) in [4.78, 5) is 4.25. The van der Waals surface area contributed by atoms with Crippen LogP contribution in [0.15, 0.2) is 21.2 Å². The highest BCUT2D eigenvalue weighted by atomic mass is 79.9. The number of hydrogen-bond acceptors (Lipinski definition) is 3. The molecular weight excluding hydrogens is 322 g/mol. The molecule has 1 N–H and O–H groups in total. The molecule has 1 fully saturated rings. The fourth-order valence-electron chi connectivity index (χ4n) is 1.30. The fraction of sp³-hybridized carbons (Fsp3) is 0.400. The second-order valence-electron chi connectivity index (χ2n) is 3.52. The molecule has 1 aromatic rings. The standard InChI is InChI=1S/C10H9Br2N3/c11-6-3-8(12)10(14-5-6)9(4-13)15-7-1-2-7/h3,5,7,9,15H,1-2H2. The van der Waals surface area contributed by atoms with E-state index in [0.29, 0.717) is 6.04 Å². The molecular formula is C10H9Br2N3. The number of nitrogens with zero attached hydrogens (tertiary/aromatic N) is 2. The lowest BCUT2D eigenvalue weighted by Crippen LogP contribution is -2.23. The normalized spacial score (nSPS) is 17.1. The van der Waals surface area contributed by atoms with Crippen molar-refractivity contribution >= 4 is 31.9 Å². The van der Waals surface area contributed by atoms with Crippen LogP contribution in [0.1, 0.15) is 24.6 Å². The van der Waals surface area contributed by atoms with Crippen LogP contribution in [0, 0.1) is 11.3 Å². The molecule has 1 atom stereocenters. The predicted octanol–water partition coefficient (Wildman–Crippen LogP) is 2.92. The largest absolute Gasteiger partial charge is 0.294 e. The molecule has 3 nitrogen and oxygen atoms in total. The maximum absolute atomic E-state index is 9.06. The summed E-state index contributed by atoms with van der Waals surface area (Å²) in [6.07, 6.45) is 4.03. The van der Waals surface area contributed by atoms with Crippen molar-refractivity contribution in [3.8, 4) is 6.07 Å². The van der Waals surface area contributed by atoms with E-state index in [1.807, 2.05) is 6.07 Å².